The predicted molar refractivity (Wildman–Crippen MR) is 224 cm³/mol. The molecular weight excluding hydrogens is 709 g/mol. The molecule has 1 aromatic heterocycles. The van der Waals surface area contributed by atoms with Gasteiger partial charge in [-0.3, -0.25) is 0 Å². The van der Waals surface area contributed by atoms with Crippen LogP contribution in [0.2, 0.25) is 11.1 Å². The number of allylic oxidation sites excluding steroid dienone is 8. The third kappa shape index (κ3) is 5.12. The molecule has 0 radical (unpaired) electrons. The average molecular weight is 757 g/mol. The van der Waals surface area contributed by atoms with Crippen molar-refractivity contribution in [2.75, 3.05) is 0 Å². The van der Waals surface area contributed by atoms with E-state index in [1.807, 2.05) is 0 Å². The van der Waals surface area contributed by atoms with E-state index in [-0.39, 0.29) is 27.3 Å². The second-order valence-electron chi connectivity index (χ2n) is 17.9. The monoisotopic (exact) mass is 756 g/mol. The van der Waals surface area contributed by atoms with Gasteiger partial charge in [-0.25, -0.2) is 9.98 Å². The molecule has 10 rings (SSSR count). The van der Waals surface area contributed by atoms with Crippen molar-refractivity contribution in [2.24, 2.45) is 9.98 Å². The van der Waals surface area contributed by atoms with Crippen molar-refractivity contribution in [3.8, 4) is 11.5 Å². The smallest absolute Gasteiger partial charge is 0.482 e. The Morgan fingerprint density at radius 1 is 0.536 bits per heavy atom. The minimum atomic E-state index is -2.82. The van der Waals surface area contributed by atoms with Crippen molar-refractivity contribution in [3.63, 3.8) is 0 Å². The lowest BCUT2D eigenvalue weighted by atomic mass is 9.72. The molecule has 282 valence electrons. The fraction of sp³-hybridized carbons (Fsp3) is 0.306. The summed E-state index contributed by atoms with van der Waals surface area (Å²) in [5.74, 6) is 1.75. The van der Waals surface area contributed by atoms with Crippen molar-refractivity contribution in [1.82, 2.24) is 0 Å². The normalized spacial score (nSPS) is 22.7. The molecule has 1 aliphatic heterocycles. The maximum absolute atomic E-state index is 7.19. The van der Waals surface area contributed by atoms with Gasteiger partial charge in [0, 0.05) is 5.41 Å². The molecule has 0 fully saturated rings. The second-order valence-corrected chi connectivity index (χ2v) is 21.1. The minimum Gasteiger partial charge on any atom is -0.508 e. The van der Waals surface area contributed by atoms with Gasteiger partial charge in [0.15, 0.2) is 11.2 Å². The molecule has 56 heavy (non-hydrogen) atoms. The Balaban J connectivity index is 1.18. The molecule has 5 aromatic rings. The third-order valence-electron chi connectivity index (χ3n) is 13.0. The lowest BCUT2D eigenvalue weighted by molar-refractivity contribution is 0.349. The number of hydrogen-bond acceptors (Lipinski definition) is 6. The summed E-state index contributed by atoms with van der Waals surface area (Å²) in [6, 6.07) is 21.5. The van der Waals surface area contributed by atoms with E-state index in [4.69, 9.17) is 27.7 Å². The molecule has 0 saturated carbocycles. The zero-order valence-electron chi connectivity index (χ0n) is 33.5. The fourth-order valence-electron chi connectivity index (χ4n) is 10.5. The fourth-order valence-corrected chi connectivity index (χ4v) is 14.1. The van der Waals surface area contributed by atoms with Gasteiger partial charge in [0.2, 0.25) is 0 Å². The highest BCUT2D eigenvalue weighted by molar-refractivity contribution is 6.75. The van der Waals surface area contributed by atoms with Gasteiger partial charge in [-0.05, 0) is 120 Å². The summed E-state index contributed by atoms with van der Waals surface area (Å²) in [6.45, 7) is 17.8. The Morgan fingerprint density at radius 2 is 0.911 bits per heavy atom. The highest BCUT2D eigenvalue weighted by Gasteiger charge is 2.61. The highest BCUT2D eigenvalue weighted by Crippen LogP contribution is 2.65. The van der Waals surface area contributed by atoms with E-state index < -0.39 is 8.56 Å². The van der Waals surface area contributed by atoms with Gasteiger partial charge in [-0.15, -0.1) is 0 Å². The van der Waals surface area contributed by atoms with Gasteiger partial charge in [-0.2, -0.15) is 0 Å². The Hall–Kier alpha value is -5.40. The molecule has 6 nitrogen and oxygen atoms in total. The van der Waals surface area contributed by atoms with Crippen LogP contribution < -0.4 is 20.0 Å². The van der Waals surface area contributed by atoms with Crippen molar-refractivity contribution in [2.45, 2.75) is 95.6 Å². The van der Waals surface area contributed by atoms with Gasteiger partial charge in [0.05, 0.1) is 22.5 Å². The molecule has 4 aromatic carbocycles. The molecule has 5 aliphatic rings. The molecule has 4 aliphatic carbocycles. The maximum Gasteiger partial charge on any atom is 0.482 e. The van der Waals surface area contributed by atoms with Crippen LogP contribution in [0, 0.1) is 27.7 Å². The third-order valence-corrected chi connectivity index (χ3v) is 16.7. The number of rotatable bonds is 4. The highest BCUT2D eigenvalue weighted by atomic mass is 28.4. The molecule has 1 atom stereocenters. The van der Waals surface area contributed by atoms with Crippen LogP contribution in [-0.4, -0.2) is 8.56 Å². The Morgan fingerprint density at radius 3 is 1.36 bits per heavy atom. The van der Waals surface area contributed by atoms with E-state index >= 15 is 0 Å². The lowest BCUT2D eigenvalue weighted by Crippen LogP contribution is -2.51. The summed E-state index contributed by atoms with van der Waals surface area (Å²) in [5.41, 5.74) is 12.9. The van der Waals surface area contributed by atoms with Gasteiger partial charge in [0.25, 0.3) is 11.1 Å². The van der Waals surface area contributed by atoms with Crippen LogP contribution in [0.1, 0.15) is 85.0 Å². The number of aryl methyl sites for hydroxylation is 4. The van der Waals surface area contributed by atoms with E-state index in [1.54, 1.807) is 0 Å². The van der Waals surface area contributed by atoms with Crippen LogP contribution >= 0.6 is 0 Å². The SMILES string of the molecule is Cc1cccc(C)c1N=c1oc2cc3c(cc2oc1=Nc1c(C)cccc1C)[C@@]1(CC(C)(C)c2cc4c(cc21)O[Si](C1C=CC=C1)(C1C=CC=C1)O4)CC3(C)C. The van der Waals surface area contributed by atoms with Crippen molar-refractivity contribution >= 4 is 31.1 Å². The van der Waals surface area contributed by atoms with Gasteiger partial charge in [0.1, 0.15) is 11.5 Å². The molecule has 1 spiro atoms. The molecule has 0 saturated heterocycles. The quantitative estimate of drug-likeness (QED) is 0.171. The van der Waals surface area contributed by atoms with E-state index in [1.165, 1.54) is 22.3 Å². The first-order valence-electron chi connectivity index (χ1n) is 19.9. The first-order valence-corrected chi connectivity index (χ1v) is 21.9. The summed E-state index contributed by atoms with van der Waals surface area (Å²) in [7, 11) is -2.82. The molecule has 0 bridgehead atoms. The van der Waals surface area contributed by atoms with Crippen molar-refractivity contribution < 1.29 is 17.7 Å². The summed E-state index contributed by atoms with van der Waals surface area (Å²) in [4.78, 5) is 10.2. The number of para-hydroxylation sites is 2. The largest absolute Gasteiger partial charge is 0.508 e. The van der Waals surface area contributed by atoms with E-state index in [0.717, 1.165) is 58.0 Å². The second kappa shape index (κ2) is 12.0. The van der Waals surface area contributed by atoms with Gasteiger partial charge in [-0.1, -0.05) is 113 Å². The summed E-state index contributed by atoms with van der Waals surface area (Å²) < 4.78 is 28.0. The minimum absolute atomic E-state index is 0.105. The van der Waals surface area contributed by atoms with Crippen molar-refractivity contribution in [1.29, 1.82) is 0 Å². The molecule has 0 N–H and O–H groups in total. The number of hydrogen-bond donors (Lipinski definition) is 0. The Bertz CT molecular complexity index is 2700. The summed E-state index contributed by atoms with van der Waals surface area (Å²) in [5, 5.41) is 0. The topological polar surface area (TPSA) is 69.5 Å². The standard InChI is InChI=1S/C49H48N2O4Si/c1-29-15-13-16-30(2)43(29)50-45-46(51-44-31(3)17-14-18-32(44)4)53-40-25-37-35(23-39(40)52-45)47(5,6)27-49(37)28-48(7,8)36-24-41-42(26-38(36)49)55-56(54-41,33-19-9-10-20-33)34-21-11-12-22-34/h9-26,33-34H,27-28H2,1-8H3/t49-/m0/s1. The van der Waals surface area contributed by atoms with Crippen LogP contribution in [0.25, 0.3) is 11.2 Å². The van der Waals surface area contributed by atoms with Crippen molar-refractivity contribution in [3.05, 3.63) is 165 Å². The van der Waals surface area contributed by atoms with E-state index in [9.17, 15) is 0 Å². The van der Waals surface area contributed by atoms with Crippen LogP contribution in [0.5, 0.6) is 11.5 Å². The predicted octanol–water partition coefficient (Wildman–Crippen LogP) is 11.6. The van der Waals surface area contributed by atoms with E-state index in [2.05, 4.69) is 165 Å². The van der Waals surface area contributed by atoms with Crippen LogP contribution in [0.15, 0.2) is 128 Å². The number of benzene rings is 4. The first kappa shape index (κ1) is 35.0. The molecule has 0 unspecified atom stereocenters. The number of nitrogens with zero attached hydrogens (tertiary/aromatic N) is 2. The number of fused-ring (bicyclic) bond motifs is 6. The lowest BCUT2D eigenvalue weighted by Gasteiger charge is -2.31. The zero-order chi connectivity index (χ0) is 38.8. The molecule has 2 heterocycles. The van der Waals surface area contributed by atoms with E-state index in [0.29, 0.717) is 22.3 Å². The Labute approximate surface area is 329 Å². The average Bonchev–Trinajstić information content (AvgIpc) is 3.99. The van der Waals surface area contributed by atoms with Crippen LogP contribution in [-0.2, 0) is 16.2 Å². The van der Waals surface area contributed by atoms with Gasteiger partial charge < -0.3 is 17.7 Å². The Kier molecular flexibility index (Phi) is 7.54. The van der Waals surface area contributed by atoms with Crippen LogP contribution in [0.4, 0.5) is 11.4 Å². The molecule has 0 amide bonds. The summed E-state index contributed by atoms with van der Waals surface area (Å²) >= 11 is 0. The van der Waals surface area contributed by atoms with Gasteiger partial charge >= 0.3 is 8.56 Å². The first-order chi connectivity index (χ1) is 26.8. The maximum atomic E-state index is 7.19. The zero-order valence-corrected chi connectivity index (χ0v) is 34.5. The molecular formula is C49H48N2O4Si. The molecule has 7 heteroatoms. The summed E-state index contributed by atoms with van der Waals surface area (Å²) in [6.07, 6.45) is 19.4. The van der Waals surface area contributed by atoms with Crippen LogP contribution in [0.3, 0.4) is 0 Å².